The highest BCUT2D eigenvalue weighted by molar-refractivity contribution is 5.35. The van der Waals surface area contributed by atoms with Crippen molar-refractivity contribution in [2.24, 2.45) is 0 Å². The normalized spacial score (nSPS) is 9.71. The Hall–Kier alpha value is -2.08. The lowest BCUT2D eigenvalue weighted by Gasteiger charge is -2.00. The van der Waals surface area contributed by atoms with E-state index in [1.54, 1.807) is 12.5 Å². The Bertz CT molecular complexity index is 474. The van der Waals surface area contributed by atoms with Gasteiger partial charge in [0, 0.05) is 11.9 Å². The summed E-state index contributed by atoms with van der Waals surface area (Å²) in [6, 6.07) is 10.1. The monoisotopic (exact) mass is 183 g/mol. The highest BCUT2D eigenvalue weighted by Crippen LogP contribution is 2.09. The molecule has 1 heterocycles. The van der Waals surface area contributed by atoms with Gasteiger partial charge in [0.15, 0.2) is 5.69 Å². The van der Waals surface area contributed by atoms with Gasteiger partial charge >= 0.3 is 0 Å². The fraction of sp³-hybridized carbons (Fsp3) is 0.0909. The minimum Gasteiger partial charge on any atom is -0.305 e. The van der Waals surface area contributed by atoms with Crippen LogP contribution in [0.4, 0.5) is 0 Å². The predicted molar refractivity (Wildman–Crippen MR) is 53.0 cm³/mol. The van der Waals surface area contributed by atoms with Crippen LogP contribution < -0.4 is 0 Å². The molecule has 0 atom stereocenters. The van der Waals surface area contributed by atoms with Gasteiger partial charge in [-0.3, -0.25) is 0 Å². The van der Waals surface area contributed by atoms with Crippen LogP contribution in [-0.2, 0) is 0 Å². The van der Waals surface area contributed by atoms with E-state index in [4.69, 9.17) is 5.26 Å². The molecule has 3 heteroatoms. The van der Waals surface area contributed by atoms with Crippen molar-refractivity contribution < 1.29 is 0 Å². The first-order valence-corrected chi connectivity index (χ1v) is 4.31. The van der Waals surface area contributed by atoms with Crippen molar-refractivity contribution in [2.45, 2.75) is 6.92 Å². The molecule has 0 spiro atoms. The summed E-state index contributed by atoms with van der Waals surface area (Å²) in [5.41, 5.74) is 2.67. The maximum atomic E-state index is 8.62. The molecular weight excluding hydrogens is 174 g/mol. The average Bonchev–Trinajstić information content (AvgIpc) is 2.67. The topological polar surface area (TPSA) is 41.6 Å². The smallest absolute Gasteiger partial charge is 0.158 e. The van der Waals surface area contributed by atoms with Gasteiger partial charge in [0.2, 0.25) is 0 Å². The molecular formula is C11H9N3. The lowest BCUT2D eigenvalue weighted by molar-refractivity contribution is 1.05. The molecule has 0 aliphatic carbocycles. The third-order valence-electron chi connectivity index (χ3n) is 2.03. The molecule has 0 amide bonds. The van der Waals surface area contributed by atoms with E-state index in [1.807, 2.05) is 41.8 Å². The Labute approximate surface area is 82.2 Å². The maximum absolute atomic E-state index is 8.62. The molecule has 0 unspecified atom stereocenters. The first kappa shape index (κ1) is 8.52. The number of nitrogens with zero attached hydrogens (tertiary/aromatic N) is 3. The van der Waals surface area contributed by atoms with Crippen LogP contribution in [0.15, 0.2) is 36.8 Å². The molecule has 0 bridgehead atoms. The van der Waals surface area contributed by atoms with Crippen molar-refractivity contribution in [1.29, 1.82) is 5.26 Å². The Morgan fingerprint density at radius 2 is 2.00 bits per heavy atom. The molecule has 2 rings (SSSR count). The molecule has 3 nitrogen and oxygen atoms in total. The van der Waals surface area contributed by atoms with Gasteiger partial charge in [-0.05, 0) is 19.1 Å². The van der Waals surface area contributed by atoms with Crippen molar-refractivity contribution in [3.8, 4) is 11.8 Å². The molecule has 14 heavy (non-hydrogen) atoms. The summed E-state index contributed by atoms with van der Waals surface area (Å²) in [5, 5.41) is 8.62. The van der Waals surface area contributed by atoms with E-state index in [0.717, 1.165) is 5.69 Å². The van der Waals surface area contributed by atoms with Gasteiger partial charge in [-0.2, -0.15) is 5.26 Å². The van der Waals surface area contributed by atoms with Gasteiger partial charge in [0.05, 0.1) is 0 Å². The molecule has 0 saturated carbocycles. The fourth-order valence-corrected chi connectivity index (χ4v) is 1.24. The van der Waals surface area contributed by atoms with E-state index in [-0.39, 0.29) is 0 Å². The standard InChI is InChI=1S/C11H9N3/c1-9-2-4-11(5-3-9)14-7-10(6-12)13-8-14/h2-5,7-8H,1H3. The van der Waals surface area contributed by atoms with Gasteiger partial charge < -0.3 is 4.57 Å². The van der Waals surface area contributed by atoms with Crippen LogP contribution in [0.1, 0.15) is 11.3 Å². The lowest BCUT2D eigenvalue weighted by atomic mass is 10.2. The summed E-state index contributed by atoms with van der Waals surface area (Å²) in [4.78, 5) is 3.94. The zero-order valence-corrected chi connectivity index (χ0v) is 7.81. The number of hydrogen-bond acceptors (Lipinski definition) is 2. The molecule has 2 aromatic rings. The van der Waals surface area contributed by atoms with Gasteiger partial charge in [-0.25, -0.2) is 4.98 Å². The molecule has 0 radical (unpaired) electrons. The van der Waals surface area contributed by atoms with Crippen LogP contribution in [0.2, 0.25) is 0 Å². The van der Waals surface area contributed by atoms with Crippen LogP contribution in [0.5, 0.6) is 0 Å². The molecule has 0 fully saturated rings. The summed E-state index contributed by atoms with van der Waals surface area (Å²) in [6.45, 7) is 2.04. The predicted octanol–water partition coefficient (Wildman–Crippen LogP) is 2.05. The molecule has 0 N–H and O–H groups in total. The van der Waals surface area contributed by atoms with E-state index in [1.165, 1.54) is 5.56 Å². The molecule has 0 aliphatic heterocycles. The number of nitriles is 1. The second-order valence-electron chi connectivity index (χ2n) is 3.11. The maximum Gasteiger partial charge on any atom is 0.158 e. The highest BCUT2D eigenvalue weighted by Gasteiger charge is 1.98. The number of hydrogen-bond donors (Lipinski definition) is 0. The van der Waals surface area contributed by atoms with Crippen molar-refractivity contribution >= 4 is 0 Å². The van der Waals surface area contributed by atoms with Crippen molar-refractivity contribution in [2.75, 3.05) is 0 Å². The molecule has 68 valence electrons. The number of imidazole rings is 1. The Morgan fingerprint density at radius 3 is 2.57 bits per heavy atom. The highest BCUT2D eigenvalue weighted by atomic mass is 15.0. The van der Waals surface area contributed by atoms with Crippen LogP contribution in [0, 0.1) is 18.3 Å². The van der Waals surface area contributed by atoms with E-state index in [0.29, 0.717) is 5.69 Å². The second kappa shape index (κ2) is 3.35. The second-order valence-corrected chi connectivity index (χ2v) is 3.11. The zero-order chi connectivity index (χ0) is 9.97. The van der Waals surface area contributed by atoms with Crippen LogP contribution in [-0.4, -0.2) is 9.55 Å². The number of aromatic nitrogens is 2. The Balaban J connectivity index is 2.40. The lowest BCUT2D eigenvalue weighted by Crippen LogP contribution is -1.88. The minimum absolute atomic E-state index is 0.436. The summed E-state index contributed by atoms with van der Waals surface area (Å²) in [5.74, 6) is 0. The first-order chi connectivity index (χ1) is 6.79. The third-order valence-corrected chi connectivity index (χ3v) is 2.03. The van der Waals surface area contributed by atoms with Crippen molar-refractivity contribution in [3.63, 3.8) is 0 Å². The number of benzene rings is 1. The summed E-state index contributed by atoms with van der Waals surface area (Å²) in [6.07, 6.45) is 3.36. The Morgan fingerprint density at radius 1 is 1.29 bits per heavy atom. The van der Waals surface area contributed by atoms with Gasteiger partial charge in [-0.15, -0.1) is 0 Å². The first-order valence-electron chi connectivity index (χ1n) is 4.31. The fourth-order valence-electron chi connectivity index (χ4n) is 1.24. The van der Waals surface area contributed by atoms with E-state index >= 15 is 0 Å². The van der Waals surface area contributed by atoms with Crippen LogP contribution >= 0.6 is 0 Å². The quantitative estimate of drug-likeness (QED) is 0.679. The molecule has 1 aromatic carbocycles. The SMILES string of the molecule is Cc1ccc(-n2cnc(C#N)c2)cc1. The van der Waals surface area contributed by atoms with E-state index < -0.39 is 0 Å². The molecule has 0 aliphatic rings. The third kappa shape index (κ3) is 1.50. The van der Waals surface area contributed by atoms with Gasteiger partial charge in [0.1, 0.15) is 12.4 Å². The molecule has 1 aromatic heterocycles. The zero-order valence-electron chi connectivity index (χ0n) is 7.81. The van der Waals surface area contributed by atoms with Crippen molar-refractivity contribution in [1.82, 2.24) is 9.55 Å². The van der Waals surface area contributed by atoms with Gasteiger partial charge in [-0.1, -0.05) is 17.7 Å². The van der Waals surface area contributed by atoms with Gasteiger partial charge in [0.25, 0.3) is 0 Å². The summed E-state index contributed by atoms with van der Waals surface area (Å²) >= 11 is 0. The van der Waals surface area contributed by atoms with E-state index in [9.17, 15) is 0 Å². The van der Waals surface area contributed by atoms with Crippen molar-refractivity contribution in [3.05, 3.63) is 48.0 Å². The summed E-state index contributed by atoms with van der Waals surface area (Å²) < 4.78 is 1.83. The number of rotatable bonds is 1. The summed E-state index contributed by atoms with van der Waals surface area (Å²) in [7, 11) is 0. The molecule has 0 saturated heterocycles. The number of aryl methyl sites for hydroxylation is 1. The van der Waals surface area contributed by atoms with Crippen LogP contribution in [0.3, 0.4) is 0 Å². The average molecular weight is 183 g/mol. The van der Waals surface area contributed by atoms with E-state index in [2.05, 4.69) is 4.98 Å². The largest absolute Gasteiger partial charge is 0.305 e. The Kier molecular flexibility index (Phi) is 2.04. The van der Waals surface area contributed by atoms with Crippen LogP contribution in [0.25, 0.3) is 5.69 Å². The minimum atomic E-state index is 0.436.